The van der Waals surface area contributed by atoms with Crippen LogP contribution in [0.5, 0.6) is 0 Å². The molecule has 47 valence electrons. The van der Waals surface area contributed by atoms with Crippen molar-refractivity contribution < 1.29 is 21.9 Å². The molecule has 0 aromatic rings. The molecule has 0 N–H and O–H groups in total. The average molecular weight is 151 g/mol. The quantitative estimate of drug-likeness (QED) is 0.400. The van der Waals surface area contributed by atoms with Crippen LogP contribution in [0.3, 0.4) is 0 Å². The number of rotatable bonds is 2. The van der Waals surface area contributed by atoms with E-state index in [0.717, 1.165) is 6.29 Å². The Bertz CT molecular complexity index is 47.0. The zero-order valence-corrected chi connectivity index (χ0v) is 5.38. The number of nitrogens with zero attached hydrogens (tertiary/aromatic N) is 1. The van der Waals surface area contributed by atoms with Crippen LogP contribution in [-0.4, -0.2) is 31.8 Å². The van der Waals surface area contributed by atoms with E-state index in [0.29, 0.717) is 6.54 Å². The number of carbonyl (C=O) groups is 1. The summed E-state index contributed by atoms with van der Waals surface area (Å²) in [6.45, 7) is 0.528. The normalized spacial score (nSPS) is 7.86. The summed E-state index contributed by atoms with van der Waals surface area (Å²) in [5, 5.41) is 0. The third-order valence-electron chi connectivity index (χ3n) is 0.440. The van der Waals surface area contributed by atoms with Crippen LogP contribution in [0.15, 0.2) is 0 Å². The van der Waals surface area contributed by atoms with Crippen LogP contribution in [0.4, 0.5) is 0 Å². The van der Waals surface area contributed by atoms with E-state index < -0.39 is 0 Å². The summed E-state index contributed by atoms with van der Waals surface area (Å²) in [7, 11) is 3.71. The Morgan fingerprint density at radius 3 is 2.00 bits per heavy atom. The smallest absolute Gasteiger partial charge is 0.133 e. The second kappa shape index (κ2) is 6.15. The van der Waals surface area contributed by atoms with Gasteiger partial charge in [0.2, 0.25) is 0 Å². The molecule has 3 heteroatoms. The van der Waals surface area contributed by atoms with Gasteiger partial charge in [-0.2, -0.15) is 0 Å². The van der Waals surface area contributed by atoms with Gasteiger partial charge in [0.25, 0.3) is 0 Å². The first-order chi connectivity index (χ1) is 2.77. The Morgan fingerprint density at radius 2 is 2.00 bits per heavy atom. The maximum Gasteiger partial charge on any atom is 0.133 e. The van der Waals surface area contributed by atoms with Crippen molar-refractivity contribution in [3.63, 3.8) is 0 Å². The molecular weight excluding hydrogens is 142 g/mol. The SMILES string of the molecule is CN(C)CC=O.[Cu]. The van der Waals surface area contributed by atoms with Gasteiger partial charge in [-0.3, -0.25) is 0 Å². The second-order valence-corrected chi connectivity index (χ2v) is 1.43. The van der Waals surface area contributed by atoms with E-state index in [1.165, 1.54) is 0 Å². The number of hydrogen-bond donors (Lipinski definition) is 0. The Kier molecular flexibility index (Phi) is 8.96. The molecule has 0 saturated carbocycles. The van der Waals surface area contributed by atoms with E-state index in [1.54, 1.807) is 0 Å². The van der Waals surface area contributed by atoms with Crippen molar-refractivity contribution in [2.24, 2.45) is 0 Å². The zero-order valence-electron chi connectivity index (χ0n) is 4.44. The van der Waals surface area contributed by atoms with E-state index >= 15 is 0 Å². The molecule has 0 bridgehead atoms. The summed E-state index contributed by atoms with van der Waals surface area (Å²) >= 11 is 0. The van der Waals surface area contributed by atoms with Crippen molar-refractivity contribution in [3.05, 3.63) is 0 Å². The predicted octanol–water partition coefficient (Wildman–Crippen LogP) is -0.256. The van der Waals surface area contributed by atoms with Crippen LogP contribution < -0.4 is 0 Å². The fourth-order valence-corrected chi connectivity index (χ4v) is 0.149. The number of aldehydes is 1. The molecule has 0 atom stereocenters. The van der Waals surface area contributed by atoms with Gasteiger partial charge in [-0.05, 0) is 14.1 Å². The number of hydrogen-bond acceptors (Lipinski definition) is 2. The summed E-state index contributed by atoms with van der Waals surface area (Å²) in [6.07, 6.45) is 0.875. The van der Waals surface area contributed by atoms with Crippen molar-refractivity contribution in [2.45, 2.75) is 0 Å². The second-order valence-electron chi connectivity index (χ2n) is 1.43. The fourth-order valence-electron chi connectivity index (χ4n) is 0.149. The van der Waals surface area contributed by atoms with Crippen molar-refractivity contribution in [3.8, 4) is 0 Å². The Labute approximate surface area is 54.4 Å². The molecule has 0 saturated heterocycles. The molecule has 0 spiro atoms. The maximum atomic E-state index is 9.57. The Morgan fingerprint density at radius 1 is 1.57 bits per heavy atom. The van der Waals surface area contributed by atoms with Gasteiger partial charge in [0.1, 0.15) is 6.29 Å². The topological polar surface area (TPSA) is 20.3 Å². The van der Waals surface area contributed by atoms with E-state index in [-0.39, 0.29) is 17.1 Å². The van der Waals surface area contributed by atoms with Crippen LogP contribution in [0.1, 0.15) is 0 Å². The first kappa shape index (κ1) is 10.2. The van der Waals surface area contributed by atoms with E-state index in [9.17, 15) is 4.79 Å². The fraction of sp³-hybridized carbons (Fsp3) is 0.750. The monoisotopic (exact) mass is 150 g/mol. The molecule has 0 aliphatic carbocycles. The largest absolute Gasteiger partial charge is 0.303 e. The third-order valence-corrected chi connectivity index (χ3v) is 0.440. The number of carbonyl (C=O) groups excluding carboxylic acids is 1. The summed E-state index contributed by atoms with van der Waals surface area (Å²) in [5.41, 5.74) is 0. The third kappa shape index (κ3) is 10.7. The molecular formula is C4H9CuNO. The molecule has 0 heterocycles. The molecule has 0 amide bonds. The first-order valence-electron chi connectivity index (χ1n) is 1.85. The number of likely N-dealkylation sites (N-methyl/N-ethyl adjacent to an activating group) is 1. The minimum Gasteiger partial charge on any atom is -0.303 e. The molecule has 0 aromatic carbocycles. The van der Waals surface area contributed by atoms with Crippen LogP contribution in [0.25, 0.3) is 0 Å². The molecule has 7 heavy (non-hydrogen) atoms. The van der Waals surface area contributed by atoms with Gasteiger partial charge >= 0.3 is 0 Å². The van der Waals surface area contributed by atoms with Gasteiger partial charge < -0.3 is 9.69 Å². The van der Waals surface area contributed by atoms with E-state index in [2.05, 4.69) is 0 Å². The average Bonchev–Trinajstić information content (AvgIpc) is 1.35. The summed E-state index contributed by atoms with van der Waals surface area (Å²) in [4.78, 5) is 11.4. The first-order valence-corrected chi connectivity index (χ1v) is 1.85. The van der Waals surface area contributed by atoms with Crippen LogP contribution in [-0.2, 0) is 21.9 Å². The Balaban J connectivity index is 0. The van der Waals surface area contributed by atoms with Gasteiger partial charge in [-0.25, -0.2) is 0 Å². The van der Waals surface area contributed by atoms with Crippen molar-refractivity contribution >= 4 is 6.29 Å². The van der Waals surface area contributed by atoms with Crippen LogP contribution >= 0.6 is 0 Å². The molecule has 2 nitrogen and oxygen atoms in total. The maximum absolute atomic E-state index is 9.57. The van der Waals surface area contributed by atoms with Crippen molar-refractivity contribution in [1.29, 1.82) is 0 Å². The van der Waals surface area contributed by atoms with Gasteiger partial charge in [-0.15, -0.1) is 0 Å². The predicted molar refractivity (Wildman–Crippen MR) is 24.6 cm³/mol. The van der Waals surface area contributed by atoms with Gasteiger partial charge in [-0.1, -0.05) is 0 Å². The van der Waals surface area contributed by atoms with E-state index in [1.807, 2.05) is 19.0 Å². The zero-order chi connectivity index (χ0) is 4.99. The molecule has 0 aliphatic heterocycles. The van der Waals surface area contributed by atoms with E-state index in [4.69, 9.17) is 0 Å². The van der Waals surface area contributed by atoms with Crippen LogP contribution in [0, 0.1) is 0 Å². The molecule has 0 aromatic heterocycles. The summed E-state index contributed by atoms with van der Waals surface area (Å²) in [6, 6.07) is 0. The van der Waals surface area contributed by atoms with Crippen molar-refractivity contribution in [2.75, 3.05) is 20.6 Å². The minimum atomic E-state index is 0. The van der Waals surface area contributed by atoms with Gasteiger partial charge in [0, 0.05) is 17.1 Å². The molecule has 1 radical (unpaired) electrons. The van der Waals surface area contributed by atoms with Gasteiger partial charge in [0.15, 0.2) is 0 Å². The molecule has 0 fully saturated rings. The molecule has 0 aliphatic rings. The summed E-state index contributed by atoms with van der Waals surface area (Å²) in [5.74, 6) is 0. The van der Waals surface area contributed by atoms with Crippen LogP contribution in [0.2, 0.25) is 0 Å². The van der Waals surface area contributed by atoms with Gasteiger partial charge in [0.05, 0.1) is 6.54 Å². The van der Waals surface area contributed by atoms with Crippen molar-refractivity contribution in [1.82, 2.24) is 4.90 Å². The Hall–Kier alpha value is 0.149. The summed E-state index contributed by atoms with van der Waals surface area (Å²) < 4.78 is 0. The minimum absolute atomic E-state index is 0. The molecule has 0 unspecified atom stereocenters. The standard InChI is InChI=1S/C4H9NO.Cu/c1-5(2)3-4-6;/h4H,3H2,1-2H3;. The molecule has 0 rings (SSSR count).